The van der Waals surface area contributed by atoms with Crippen molar-refractivity contribution in [3.05, 3.63) is 56.4 Å². The molecule has 0 spiro atoms. The molecule has 19 heavy (non-hydrogen) atoms. The molecule has 0 atom stereocenters. The number of nitrogens with one attached hydrogen (secondary N) is 1. The molecule has 2 nitrogen and oxygen atoms in total. The van der Waals surface area contributed by atoms with E-state index in [2.05, 4.69) is 37.2 Å². The summed E-state index contributed by atoms with van der Waals surface area (Å²) in [5, 5.41) is 3.95. The lowest BCUT2D eigenvalue weighted by Crippen LogP contribution is -2.12. The van der Waals surface area contributed by atoms with Crippen LogP contribution >= 0.6 is 43.5 Å². The first-order chi connectivity index (χ1) is 9.18. The Balaban J connectivity index is 1.86. The number of anilines is 1. The van der Waals surface area contributed by atoms with Gasteiger partial charge in [-0.15, -0.1) is 0 Å². The van der Waals surface area contributed by atoms with E-state index in [1.807, 2.05) is 42.5 Å². The topological polar surface area (TPSA) is 21.3 Å². The molecule has 2 aromatic carbocycles. The standard InChI is InChI=1S/C14H12Br2ClNO/c15-10-4-3-5-11(16)14(10)19-9-8-18-13-7-2-1-6-12(13)17/h1-7,18H,8-9H2. The molecule has 0 aliphatic heterocycles. The first kappa shape index (κ1) is 14.7. The molecule has 0 amide bonds. The van der Waals surface area contributed by atoms with Crippen molar-refractivity contribution in [3.8, 4) is 5.75 Å². The molecule has 0 aliphatic rings. The van der Waals surface area contributed by atoms with Gasteiger partial charge in [-0.3, -0.25) is 0 Å². The van der Waals surface area contributed by atoms with E-state index in [1.54, 1.807) is 0 Å². The van der Waals surface area contributed by atoms with Crippen LogP contribution in [0.4, 0.5) is 5.69 Å². The summed E-state index contributed by atoms with van der Waals surface area (Å²) in [4.78, 5) is 0. The highest BCUT2D eigenvalue weighted by molar-refractivity contribution is 9.11. The van der Waals surface area contributed by atoms with E-state index < -0.39 is 0 Å². The van der Waals surface area contributed by atoms with Crippen molar-refractivity contribution in [1.82, 2.24) is 0 Å². The highest BCUT2D eigenvalue weighted by Gasteiger charge is 2.05. The Hall–Kier alpha value is -0.710. The summed E-state index contributed by atoms with van der Waals surface area (Å²) in [5.41, 5.74) is 0.916. The van der Waals surface area contributed by atoms with E-state index in [9.17, 15) is 0 Å². The van der Waals surface area contributed by atoms with E-state index in [-0.39, 0.29) is 0 Å². The molecular formula is C14H12Br2ClNO. The van der Waals surface area contributed by atoms with Gasteiger partial charge >= 0.3 is 0 Å². The van der Waals surface area contributed by atoms with Gasteiger partial charge in [0, 0.05) is 6.54 Å². The second-order valence-corrected chi connectivity index (χ2v) is 5.92. The summed E-state index contributed by atoms with van der Waals surface area (Å²) < 4.78 is 7.59. The van der Waals surface area contributed by atoms with Crippen LogP contribution in [0.25, 0.3) is 0 Å². The first-order valence-corrected chi connectivity index (χ1v) is 7.70. The predicted molar refractivity (Wildman–Crippen MR) is 87.3 cm³/mol. The van der Waals surface area contributed by atoms with Crippen LogP contribution in [0.15, 0.2) is 51.4 Å². The van der Waals surface area contributed by atoms with Gasteiger partial charge in [0.25, 0.3) is 0 Å². The number of halogens is 3. The number of hydrogen-bond acceptors (Lipinski definition) is 2. The largest absolute Gasteiger partial charge is 0.489 e. The van der Waals surface area contributed by atoms with Gasteiger partial charge in [0.15, 0.2) is 0 Å². The van der Waals surface area contributed by atoms with Gasteiger partial charge in [-0.05, 0) is 56.1 Å². The van der Waals surface area contributed by atoms with Crippen molar-refractivity contribution in [2.75, 3.05) is 18.5 Å². The average Bonchev–Trinajstić information content (AvgIpc) is 2.39. The monoisotopic (exact) mass is 403 g/mol. The Labute approximate surface area is 134 Å². The second kappa shape index (κ2) is 7.17. The lowest BCUT2D eigenvalue weighted by atomic mass is 10.3. The molecule has 0 saturated carbocycles. The van der Waals surface area contributed by atoms with Crippen LogP contribution in [0, 0.1) is 0 Å². The fourth-order valence-corrected chi connectivity index (χ4v) is 2.99. The van der Waals surface area contributed by atoms with Crippen molar-refractivity contribution in [3.63, 3.8) is 0 Å². The summed E-state index contributed by atoms with van der Waals surface area (Å²) in [6.07, 6.45) is 0. The Morgan fingerprint density at radius 2 is 1.68 bits per heavy atom. The normalized spacial score (nSPS) is 10.3. The fourth-order valence-electron chi connectivity index (χ4n) is 1.56. The SMILES string of the molecule is Clc1ccccc1NCCOc1c(Br)cccc1Br. The lowest BCUT2D eigenvalue weighted by molar-refractivity contribution is 0.329. The Morgan fingerprint density at radius 1 is 1.00 bits per heavy atom. The number of benzene rings is 2. The number of rotatable bonds is 5. The number of ether oxygens (including phenoxy) is 1. The van der Waals surface area contributed by atoms with Crippen LogP contribution in [0.2, 0.25) is 5.02 Å². The van der Waals surface area contributed by atoms with E-state index in [0.29, 0.717) is 18.2 Å². The molecule has 0 fully saturated rings. The number of hydrogen-bond donors (Lipinski definition) is 1. The first-order valence-electron chi connectivity index (χ1n) is 5.73. The number of para-hydroxylation sites is 2. The third-order valence-electron chi connectivity index (χ3n) is 2.46. The van der Waals surface area contributed by atoms with E-state index in [1.165, 1.54) is 0 Å². The van der Waals surface area contributed by atoms with Gasteiger partial charge in [-0.2, -0.15) is 0 Å². The summed E-state index contributed by atoms with van der Waals surface area (Å²) >= 11 is 13.0. The average molecular weight is 406 g/mol. The smallest absolute Gasteiger partial charge is 0.147 e. The summed E-state index contributed by atoms with van der Waals surface area (Å²) in [6, 6.07) is 13.5. The van der Waals surface area contributed by atoms with E-state index in [4.69, 9.17) is 16.3 Å². The minimum absolute atomic E-state index is 0.548. The molecule has 0 bridgehead atoms. The summed E-state index contributed by atoms with van der Waals surface area (Å²) in [6.45, 7) is 1.23. The molecule has 0 heterocycles. The van der Waals surface area contributed by atoms with Crippen LogP contribution < -0.4 is 10.1 Å². The van der Waals surface area contributed by atoms with E-state index in [0.717, 1.165) is 20.4 Å². The lowest BCUT2D eigenvalue weighted by Gasteiger charge is -2.12. The molecule has 2 rings (SSSR count). The Morgan fingerprint density at radius 3 is 2.37 bits per heavy atom. The van der Waals surface area contributed by atoms with Crippen LogP contribution in [0.3, 0.4) is 0 Å². The van der Waals surface area contributed by atoms with Gasteiger partial charge in [0.2, 0.25) is 0 Å². The zero-order valence-corrected chi connectivity index (χ0v) is 13.9. The molecule has 0 radical (unpaired) electrons. The second-order valence-electron chi connectivity index (χ2n) is 3.81. The molecule has 0 aliphatic carbocycles. The van der Waals surface area contributed by atoms with Gasteiger partial charge in [0.05, 0.1) is 19.7 Å². The van der Waals surface area contributed by atoms with Crippen molar-refractivity contribution in [2.24, 2.45) is 0 Å². The molecule has 5 heteroatoms. The Kier molecular flexibility index (Phi) is 5.55. The molecular weight excluding hydrogens is 393 g/mol. The van der Waals surface area contributed by atoms with Crippen LogP contribution in [-0.2, 0) is 0 Å². The van der Waals surface area contributed by atoms with Crippen LogP contribution in [-0.4, -0.2) is 13.2 Å². The summed E-state index contributed by atoms with van der Waals surface area (Å²) in [7, 11) is 0. The maximum atomic E-state index is 6.05. The molecule has 1 N–H and O–H groups in total. The minimum atomic E-state index is 0.548. The summed E-state index contributed by atoms with van der Waals surface area (Å²) in [5.74, 6) is 0.809. The maximum absolute atomic E-state index is 6.05. The minimum Gasteiger partial charge on any atom is -0.489 e. The van der Waals surface area contributed by atoms with Gasteiger partial charge in [-0.25, -0.2) is 0 Å². The highest BCUT2D eigenvalue weighted by Crippen LogP contribution is 2.32. The molecule has 0 aromatic heterocycles. The molecule has 0 unspecified atom stereocenters. The van der Waals surface area contributed by atoms with Crippen molar-refractivity contribution in [2.45, 2.75) is 0 Å². The molecule has 2 aromatic rings. The zero-order chi connectivity index (χ0) is 13.7. The van der Waals surface area contributed by atoms with Gasteiger partial charge < -0.3 is 10.1 Å². The van der Waals surface area contributed by atoms with Gasteiger partial charge in [-0.1, -0.05) is 29.8 Å². The predicted octanol–water partition coefficient (Wildman–Crippen LogP) is 5.36. The fraction of sp³-hybridized carbons (Fsp3) is 0.143. The van der Waals surface area contributed by atoms with Crippen LogP contribution in [0.1, 0.15) is 0 Å². The van der Waals surface area contributed by atoms with Crippen molar-refractivity contribution < 1.29 is 4.74 Å². The highest BCUT2D eigenvalue weighted by atomic mass is 79.9. The third kappa shape index (κ3) is 4.13. The molecule has 0 saturated heterocycles. The van der Waals surface area contributed by atoms with Gasteiger partial charge in [0.1, 0.15) is 12.4 Å². The Bertz CT molecular complexity index is 543. The quantitative estimate of drug-likeness (QED) is 0.677. The van der Waals surface area contributed by atoms with Crippen molar-refractivity contribution >= 4 is 49.1 Å². The van der Waals surface area contributed by atoms with Crippen molar-refractivity contribution in [1.29, 1.82) is 0 Å². The van der Waals surface area contributed by atoms with Crippen LogP contribution in [0.5, 0.6) is 5.75 Å². The third-order valence-corrected chi connectivity index (χ3v) is 4.04. The maximum Gasteiger partial charge on any atom is 0.147 e. The van der Waals surface area contributed by atoms with E-state index >= 15 is 0 Å². The zero-order valence-electron chi connectivity index (χ0n) is 10.00. The molecule has 100 valence electrons.